The van der Waals surface area contributed by atoms with Crippen LogP contribution in [0.3, 0.4) is 0 Å². The van der Waals surface area contributed by atoms with Gasteiger partial charge in [-0.05, 0) is 55.3 Å². The SMILES string of the molecule is Cc1ccc(C)c(S(=O)(=O)c2cnc(SCC(=O)Nc3ccc(Cl)cc3)[nH]c2=O)c1. The molecule has 0 spiro atoms. The lowest BCUT2D eigenvalue weighted by Gasteiger charge is -2.09. The molecule has 2 aromatic carbocycles. The largest absolute Gasteiger partial charge is 0.325 e. The zero-order valence-electron chi connectivity index (χ0n) is 16.1. The number of thioether (sulfide) groups is 1. The fourth-order valence-corrected chi connectivity index (χ4v) is 4.93. The van der Waals surface area contributed by atoms with Crippen molar-refractivity contribution in [3.05, 3.63) is 75.2 Å². The average molecular weight is 464 g/mol. The van der Waals surface area contributed by atoms with Crippen molar-refractivity contribution in [2.45, 2.75) is 28.8 Å². The summed E-state index contributed by atoms with van der Waals surface area (Å²) in [6.07, 6.45) is 1.02. The molecule has 1 heterocycles. The first-order chi connectivity index (χ1) is 14.2. The van der Waals surface area contributed by atoms with E-state index < -0.39 is 20.3 Å². The molecular weight excluding hydrogens is 446 g/mol. The summed E-state index contributed by atoms with van der Waals surface area (Å²) in [7, 11) is -4.02. The smallest absolute Gasteiger partial charge is 0.270 e. The number of rotatable bonds is 6. The second kappa shape index (κ2) is 9.03. The Morgan fingerprint density at radius 2 is 1.83 bits per heavy atom. The second-order valence-electron chi connectivity index (χ2n) is 6.50. The minimum Gasteiger partial charge on any atom is -0.325 e. The van der Waals surface area contributed by atoms with Crippen LogP contribution in [-0.4, -0.2) is 30.0 Å². The standard InChI is InChI=1S/C20H18ClN3O4S2/c1-12-3-4-13(2)16(9-12)30(27,28)17-10-22-20(24-19(17)26)29-11-18(25)23-15-7-5-14(21)6-8-15/h3-10H,11H2,1-2H3,(H,23,25)(H,22,24,26). The van der Waals surface area contributed by atoms with Crippen LogP contribution in [0.1, 0.15) is 11.1 Å². The van der Waals surface area contributed by atoms with Crippen LogP contribution in [0.4, 0.5) is 5.69 Å². The maximum atomic E-state index is 12.9. The average Bonchev–Trinajstić information content (AvgIpc) is 2.70. The number of nitrogens with zero attached hydrogens (tertiary/aromatic N) is 1. The maximum absolute atomic E-state index is 12.9. The van der Waals surface area contributed by atoms with Gasteiger partial charge in [0.05, 0.1) is 16.8 Å². The highest BCUT2D eigenvalue weighted by Crippen LogP contribution is 2.23. The second-order valence-corrected chi connectivity index (χ2v) is 9.78. The van der Waals surface area contributed by atoms with Crippen LogP contribution in [0.25, 0.3) is 0 Å². The Hall–Kier alpha value is -2.62. The van der Waals surface area contributed by atoms with Gasteiger partial charge in [0, 0.05) is 10.7 Å². The van der Waals surface area contributed by atoms with Crippen molar-refractivity contribution in [3.63, 3.8) is 0 Å². The van der Waals surface area contributed by atoms with Crippen molar-refractivity contribution in [2.24, 2.45) is 0 Å². The highest BCUT2D eigenvalue weighted by atomic mass is 35.5. The number of aromatic amines is 1. The minimum absolute atomic E-state index is 0.0192. The van der Waals surface area contributed by atoms with Crippen molar-refractivity contribution in [3.8, 4) is 0 Å². The Morgan fingerprint density at radius 3 is 2.50 bits per heavy atom. The number of benzene rings is 2. The number of amides is 1. The van der Waals surface area contributed by atoms with Gasteiger partial charge in [-0.2, -0.15) is 0 Å². The molecule has 0 aliphatic carbocycles. The van der Waals surface area contributed by atoms with Crippen LogP contribution in [0, 0.1) is 13.8 Å². The van der Waals surface area contributed by atoms with Gasteiger partial charge in [-0.25, -0.2) is 13.4 Å². The molecule has 0 saturated carbocycles. The van der Waals surface area contributed by atoms with Gasteiger partial charge in [0.1, 0.15) is 0 Å². The molecule has 30 heavy (non-hydrogen) atoms. The number of hydrogen-bond donors (Lipinski definition) is 2. The highest BCUT2D eigenvalue weighted by Gasteiger charge is 2.24. The Morgan fingerprint density at radius 1 is 1.13 bits per heavy atom. The molecule has 1 aromatic heterocycles. The van der Waals surface area contributed by atoms with Crippen LogP contribution in [0.15, 0.2) is 68.4 Å². The molecule has 10 heteroatoms. The number of nitrogens with one attached hydrogen (secondary N) is 2. The van der Waals surface area contributed by atoms with Crippen LogP contribution in [-0.2, 0) is 14.6 Å². The summed E-state index contributed by atoms with van der Waals surface area (Å²) in [5.74, 6) is -0.327. The van der Waals surface area contributed by atoms with Gasteiger partial charge >= 0.3 is 0 Å². The third-order valence-corrected chi connectivity index (χ3v) is 7.16. The summed E-state index contributed by atoms with van der Waals surface area (Å²) in [5, 5.41) is 3.39. The van der Waals surface area contributed by atoms with Crippen molar-refractivity contribution >= 4 is 44.8 Å². The van der Waals surface area contributed by atoms with E-state index in [-0.39, 0.29) is 21.7 Å². The normalized spacial score (nSPS) is 11.3. The van der Waals surface area contributed by atoms with E-state index in [1.807, 2.05) is 0 Å². The highest BCUT2D eigenvalue weighted by molar-refractivity contribution is 7.99. The molecule has 0 aliphatic heterocycles. The van der Waals surface area contributed by atoms with Crippen molar-refractivity contribution in [1.29, 1.82) is 0 Å². The Balaban J connectivity index is 1.73. The number of carbonyl (C=O) groups is 1. The van der Waals surface area contributed by atoms with Gasteiger partial charge in [0.2, 0.25) is 15.7 Å². The summed E-state index contributed by atoms with van der Waals surface area (Å²) in [5.41, 5.74) is 1.10. The summed E-state index contributed by atoms with van der Waals surface area (Å²) < 4.78 is 25.8. The molecule has 0 saturated heterocycles. The monoisotopic (exact) mass is 463 g/mol. The molecule has 156 valence electrons. The predicted octanol–water partition coefficient (Wildman–Crippen LogP) is 3.60. The van der Waals surface area contributed by atoms with E-state index in [0.717, 1.165) is 23.5 Å². The molecule has 1 amide bonds. The summed E-state index contributed by atoms with van der Waals surface area (Å²) >= 11 is 6.79. The first-order valence-corrected chi connectivity index (χ1v) is 11.6. The number of anilines is 1. The Labute approximate surface area is 182 Å². The summed E-state index contributed by atoms with van der Waals surface area (Å²) in [6.45, 7) is 3.44. The lowest BCUT2D eigenvalue weighted by atomic mass is 10.2. The van der Waals surface area contributed by atoms with E-state index in [1.54, 1.807) is 50.2 Å². The predicted molar refractivity (Wildman–Crippen MR) is 117 cm³/mol. The van der Waals surface area contributed by atoms with Gasteiger partial charge in [-0.15, -0.1) is 0 Å². The molecular formula is C20H18ClN3O4S2. The van der Waals surface area contributed by atoms with Crippen LogP contribution in [0.2, 0.25) is 5.02 Å². The fourth-order valence-electron chi connectivity index (χ4n) is 2.61. The number of halogens is 1. The van der Waals surface area contributed by atoms with E-state index in [2.05, 4.69) is 15.3 Å². The van der Waals surface area contributed by atoms with Crippen LogP contribution < -0.4 is 10.9 Å². The number of H-pyrrole nitrogens is 1. The van der Waals surface area contributed by atoms with E-state index in [4.69, 9.17) is 11.6 Å². The van der Waals surface area contributed by atoms with Gasteiger partial charge in [0.15, 0.2) is 10.1 Å². The molecule has 3 rings (SSSR count). The van der Waals surface area contributed by atoms with Crippen molar-refractivity contribution < 1.29 is 13.2 Å². The Bertz CT molecular complexity index is 1260. The van der Waals surface area contributed by atoms with E-state index >= 15 is 0 Å². The van der Waals surface area contributed by atoms with Gasteiger partial charge in [-0.1, -0.05) is 35.5 Å². The molecule has 0 radical (unpaired) electrons. The topological polar surface area (TPSA) is 109 Å². The zero-order valence-corrected chi connectivity index (χ0v) is 18.5. The number of carbonyl (C=O) groups excluding carboxylic acids is 1. The molecule has 0 unspecified atom stereocenters. The third kappa shape index (κ3) is 5.10. The fraction of sp³-hybridized carbons (Fsp3) is 0.150. The Kier molecular flexibility index (Phi) is 6.64. The lowest BCUT2D eigenvalue weighted by Crippen LogP contribution is -2.20. The van der Waals surface area contributed by atoms with Gasteiger partial charge < -0.3 is 10.3 Å². The molecule has 3 aromatic rings. The number of sulfone groups is 1. The first kappa shape index (κ1) is 22.1. The molecule has 0 aliphatic rings. The third-order valence-electron chi connectivity index (χ3n) is 4.13. The molecule has 2 N–H and O–H groups in total. The maximum Gasteiger partial charge on any atom is 0.270 e. The van der Waals surface area contributed by atoms with E-state index in [9.17, 15) is 18.0 Å². The van der Waals surface area contributed by atoms with E-state index in [1.165, 1.54) is 6.07 Å². The molecule has 0 fully saturated rings. The van der Waals surface area contributed by atoms with Crippen molar-refractivity contribution in [2.75, 3.05) is 11.1 Å². The molecule has 0 bridgehead atoms. The number of hydrogen-bond acceptors (Lipinski definition) is 6. The number of aromatic nitrogens is 2. The molecule has 7 nitrogen and oxygen atoms in total. The van der Waals surface area contributed by atoms with Gasteiger partial charge in [0.25, 0.3) is 5.56 Å². The molecule has 0 atom stereocenters. The number of aryl methyl sites for hydroxylation is 2. The quantitative estimate of drug-likeness (QED) is 0.427. The minimum atomic E-state index is -4.02. The summed E-state index contributed by atoms with van der Waals surface area (Å²) in [6, 6.07) is 11.6. The van der Waals surface area contributed by atoms with E-state index in [0.29, 0.717) is 16.3 Å². The van der Waals surface area contributed by atoms with Crippen LogP contribution >= 0.6 is 23.4 Å². The lowest BCUT2D eigenvalue weighted by molar-refractivity contribution is -0.113. The van der Waals surface area contributed by atoms with Crippen molar-refractivity contribution in [1.82, 2.24) is 9.97 Å². The van der Waals surface area contributed by atoms with Gasteiger partial charge in [-0.3, -0.25) is 9.59 Å². The first-order valence-electron chi connectivity index (χ1n) is 8.77. The summed E-state index contributed by atoms with van der Waals surface area (Å²) in [4.78, 5) is 30.5. The van der Waals surface area contributed by atoms with Crippen LogP contribution in [0.5, 0.6) is 0 Å². The zero-order chi connectivity index (χ0) is 21.9.